The van der Waals surface area contributed by atoms with Crippen molar-refractivity contribution in [1.82, 2.24) is 30.6 Å². The summed E-state index contributed by atoms with van der Waals surface area (Å²) in [6.45, 7) is 1.03. The monoisotopic (exact) mass is 538 g/mol. The number of fused-ring (bicyclic) bond motifs is 1. The largest absolute Gasteiger partial charge is 0.356 e. The molecule has 3 aliphatic carbocycles. The summed E-state index contributed by atoms with van der Waals surface area (Å²) in [6.07, 6.45) is 9.78. The second-order valence-corrected chi connectivity index (χ2v) is 12.4. The number of amides is 4. The average molecular weight is 539 g/mol. The van der Waals surface area contributed by atoms with Crippen molar-refractivity contribution in [2.24, 2.45) is 24.3 Å². The SMILES string of the molecule is Cn1ncc2c1CC(C(=O)N1CCC3(CC3)CC1C(=O)NC(C[C@@H]1CCNC1=O)C(=O)C(=O)NC1CC1)CC2. The normalized spacial score (nSPS) is 27.9. The molecule has 3 heterocycles. The maximum atomic E-state index is 13.9. The van der Waals surface area contributed by atoms with Gasteiger partial charge in [-0.1, -0.05) is 0 Å². The molecule has 3 N–H and O–H groups in total. The van der Waals surface area contributed by atoms with Gasteiger partial charge in [-0.05, 0) is 75.2 Å². The van der Waals surface area contributed by atoms with Crippen molar-refractivity contribution in [3.05, 3.63) is 17.5 Å². The highest BCUT2D eigenvalue weighted by Crippen LogP contribution is 2.55. The van der Waals surface area contributed by atoms with E-state index < -0.39 is 35.6 Å². The molecule has 1 aromatic heterocycles. The zero-order valence-corrected chi connectivity index (χ0v) is 22.5. The zero-order valence-electron chi connectivity index (χ0n) is 22.5. The highest BCUT2D eigenvalue weighted by molar-refractivity contribution is 6.38. The van der Waals surface area contributed by atoms with Crippen molar-refractivity contribution in [3.8, 4) is 0 Å². The number of rotatable bonds is 8. The second kappa shape index (κ2) is 10.1. The predicted octanol–water partition coefficient (Wildman–Crippen LogP) is 0.155. The zero-order chi connectivity index (χ0) is 27.3. The van der Waals surface area contributed by atoms with Crippen LogP contribution in [0.15, 0.2) is 6.20 Å². The summed E-state index contributed by atoms with van der Waals surface area (Å²) in [6, 6.07) is -1.80. The van der Waals surface area contributed by atoms with Crippen LogP contribution >= 0.6 is 0 Å². The van der Waals surface area contributed by atoms with Crippen LogP contribution in [0.5, 0.6) is 0 Å². The number of aromatic nitrogens is 2. The van der Waals surface area contributed by atoms with Gasteiger partial charge in [-0.3, -0.25) is 28.7 Å². The Morgan fingerprint density at radius 2 is 1.95 bits per heavy atom. The average Bonchev–Trinajstić information content (AvgIpc) is 3.83. The fourth-order valence-electron chi connectivity index (χ4n) is 6.65. The number of carbonyl (C=O) groups is 5. The summed E-state index contributed by atoms with van der Waals surface area (Å²) in [5.41, 5.74) is 2.32. The van der Waals surface area contributed by atoms with Crippen LogP contribution in [0.2, 0.25) is 0 Å². The van der Waals surface area contributed by atoms with Crippen LogP contribution in [-0.4, -0.2) is 75.3 Å². The molecule has 4 fully saturated rings. The van der Waals surface area contributed by atoms with Gasteiger partial charge >= 0.3 is 0 Å². The van der Waals surface area contributed by atoms with Crippen LogP contribution in [0.3, 0.4) is 0 Å². The van der Waals surface area contributed by atoms with E-state index in [9.17, 15) is 24.0 Å². The molecule has 1 spiro atoms. The van der Waals surface area contributed by atoms with Crippen molar-refractivity contribution in [2.45, 2.75) is 88.8 Å². The van der Waals surface area contributed by atoms with Gasteiger partial charge in [-0.2, -0.15) is 5.10 Å². The Morgan fingerprint density at radius 1 is 1.15 bits per heavy atom. The van der Waals surface area contributed by atoms with Gasteiger partial charge in [0, 0.05) is 50.1 Å². The van der Waals surface area contributed by atoms with Crippen molar-refractivity contribution in [1.29, 1.82) is 0 Å². The molecule has 1 aromatic rings. The van der Waals surface area contributed by atoms with E-state index in [1.807, 2.05) is 17.9 Å². The third-order valence-electron chi connectivity index (χ3n) is 9.58. The number of likely N-dealkylation sites (tertiary alicyclic amines) is 1. The van der Waals surface area contributed by atoms with Crippen molar-refractivity contribution < 1.29 is 24.0 Å². The van der Waals surface area contributed by atoms with Gasteiger partial charge in [0.25, 0.3) is 5.91 Å². The molecule has 4 amide bonds. The van der Waals surface area contributed by atoms with Crippen LogP contribution in [0.25, 0.3) is 0 Å². The predicted molar refractivity (Wildman–Crippen MR) is 139 cm³/mol. The maximum Gasteiger partial charge on any atom is 0.289 e. The first-order valence-corrected chi connectivity index (χ1v) is 14.5. The Kier molecular flexibility index (Phi) is 6.71. The number of hydrogen-bond donors (Lipinski definition) is 3. The van der Waals surface area contributed by atoms with Crippen LogP contribution in [0.4, 0.5) is 0 Å². The Hall–Kier alpha value is -3.24. The standard InChI is InChI=1S/C28H38N6O5/c1-33-21-13-17(2-3-18(21)15-30-33)27(39)34-11-9-28(7-8-28)14-22(34)25(37)32-20(12-16-6-10-29-24(16)36)23(35)26(38)31-19-4-5-19/h15-17,19-20,22H,2-14H2,1H3,(H,29,36)(H,31,38)(H,32,37)/t16-,17?,20?,22?/m0/s1. The molecule has 39 heavy (non-hydrogen) atoms. The molecule has 4 atom stereocenters. The molecule has 2 saturated heterocycles. The number of hydrogen-bond acceptors (Lipinski definition) is 6. The Balaban J connectivity index is 1.19. The lowest BCUT2D eigenvalue weighted by molar-refractivity contribution is -0.148. The summed E-state index contributed by atoms with van der Waals surface area (Å²) >= 11 is 0. The quantitative estimate of drug-likeness (QED) is 0.403. The number of nitrogens with one attached hydrogen (secondary N) is 3. The van der Waals surface area contributed by atoms with Crippen molar-refractivity contribution in [2.75, 3.05) is 13.1 Å². The molecule has 11 heteroatoms. The number of aryl methyl sites for hydroxylation is 2. The minimum absolute atomic E-state index is 0.00389. The third kappa shape index (κ3) is 5.32. The number of carbonyl (C=O) groups excluding carboxylic acids is 5. The first-order chi connectivity index (χ1) is 18.7. The topological polar surface area (TPSA) is 142 Å². The lowest BCUT2D eigenvalue weighted by atomic mass is 9.83. The smallest absolute Gasteiger partial charge is 0.289 e. The molecule has 5 aliphatic rings. The van der Waals surface area contributed by atoms with E-state index in [-0.39, 0.29) is 35.6 Å². The molecular weight excluding hydrogens is 500 g/mol. The number of Topliss-reactive ketones (excluding diaryl/α,β-unsaturated/α-hetero) is 1. The third-order valence-corrected chi connectivity index (χ3v) is 9.58. The van der Waals surface area contributed by atoms with E-state index in [0.717, 1.165) is 44.2 Å². The van der Waals surface area contributed by atoms with Crippen molar-refractivity contribution >= 4 is 29.4 Å². The van der Waals surface area contributed by atoms with Gasteiger partial charge < -0.3 is 20.9 Å². The summed E-state index contributed by atoms with van der Waals surface area (Å²) in [5, 5.41) is 12.7. The van der Waals surface area contributed by atoms with Gasteiger partial charge in [-0.15, -0.1) is 0 Å². The molecule has 2 saturated carbocycles. The highest BCUT2D eigenvalue weighted by atomic mass is 16.2. The molecular formula is C28H38N6O5. The van der Waals surface area contributed by atoms with Crippen LogP contribution in [0, 0.1) is 17.3 Å². The number of ketones is 1. The lowest BCUT2D eigenvalue weighted by Gasteiger charge is -2.41. The first kappa shape index (κ1) is 26.0. The van der Waals surface area contributed by atoms with Gasteiger partial charge in [0.1, 0.15) is 6.04 Å². The summed E-state index contributed by atoms with van der Waals surface area (Å²) in [5.74, 6) is -2.69. The van der Waals surface area contributed by atoms with Gasteiger partial charge in [0.05, 0.1) is 12.2 Å². The summed E-state index contributed by atoms with van der Waals surface area (Å²) < 4.78 is 1.83. The fraction of sp³-hybridized carbons (Fsp3) is 0.714. The minimum atomic E-state index is -1.11. The van der Waals surface area contributed by atoms with E-state index in [1.165, 1.54) is 5.56 Å². The van der Waals surface area contributed by atoms with Crippen LogP contribution in [0.1, 0.15) is 69.0 Å². The van der Waals surface area contributed by atoms with E-state index >= 15 is 0 Å². The highest BCUT2D eigenvalue weighted by Gasteiger charge is 2.52. The molecule has 6 rings (SSSR count). The van der Waals surface area contributed by atoms with E-state index in [2.05, 4.69) is 21.0 Å². The lowest BCUT2D eigenvalue weighted by Crippen LogP contribution is -2.59. The molecule has 2 aliphatic heterocycles. The van der Waals surface area contributed by atoms with E-state index in [1.54, 1.807) is 4.90 Å². The number of piperidine rings is 1. The Bertz CT molecular complexity index is 1200. The minimum Gasteiger partial charge on any atom is -0.356 e. The molecule has 0 aromatic carbocycles. The first-order valence-electron chi connectivity index (χ1n) is 14.5. The molecule has 0 bridgehead atoms. The van der Waals surface area contributed by atoms with Gasteiger partial charge in [0.15, 0.2) is 0 Å². The van der Waals surface area contributed by atoms with Crippen LogP contribution in [-0.2, 0) is 43.9 Å². The van der Waals surface area contributed by atoms with Crippen molar-refractivity contribution in [3.63, 3.8) is 0 Å². The van der Waals surface area contributed by atoms with Gasteiger partial charge in [0.2, 0.25) is 23.5 Å². The molecule has 3 unspecified atom stereocenters. The maximum absolute atomic E-state index is 13.9. The number of nitrogens with zero attached hydrogens (tertiary/aromatic N) is 3. The second-order valence-electron chi connectivity index (χ2n) is 12.4. The Morgan fingerprint density at radius 3 is 2.64 bits per heavy atom. The Labute approximate surface area is 227 Å². The van der Waals surface area contributed by atoms with Gasteiger partial charge in [-0.25, -0.2) is 0 Å². The molecule has 0 radical (unpaired) electrons. The van der Waals surface area contributed by atoms with Crippen LogP contribution < -0.4 is 16.0 Å². The van der Waals surface area contributed by atoms with E-state index in [4.69, 9.17) is 0 Å². The fourth-order valence-corrected chi connectivity index (χ4v) is 6.65. The molecule has 210 valence electrons. The molecule has 11 nitrogen and oxygen atoms in total. The van der Waals surface area contributed by atoms with E-state index in [0.29, 0.717) is 38.8 Å². The summed E-state index contributed by atoms with van der Waals surface area (Å²) in [7, 11) is 1.89. The summed E-state index contributed by atoms with van der Waals surface area (Å²) in [4.78, 5) is 67.6.